The van der Waals surface area contributed by atoms with Crippen molar-refractivity contribution in [2.75, 3.05) is 19.5 Å². The van der Waals surface area contributed by atoms with E-state index < -0.39 is 0 Å². The van der Waals surface area contributed by atoms with Gasteiger partial charge in [0.25, 0.3) is 5.91 Å². The molecule has 0 radical (unpaired) electrons. The van der Waals surface area contributed by atoms with Crippen molar-refractivity contribution >= 4 is 34.1 Å². The molecule has 1 aromatic heterocycles. The molecule has 2 N–H and O–H groups in total. The van der Waals surface area contributed by atoms with E-state index in [0.29, 0.717) is 27.8 Å². The minimum atomic E-state index is -0.231. The summed E-state index contributed by atoms with van der Waals surface area (Å²) in [5.41, 5.74) is 1.94. The lowest BCUT2D eigenvalue weighted by Gasteiger charge is -2.08. The fourth-order valence-electron chi connectivity index (χ4n) is 2.40. The number of amides is 1. The molecule has 1 amide bonds. The standard InChI is InChI=1S/C17H15ClN2O3/c1-22-15-7-12-13(9-19-14(12)8-16(15)23-2)17(21)20-11-5-3-4-10(18)6-11/h3-9,19H,1-2H3,(H,20,21). The summed E-state index contributed by atoms with van der Waals surface area (Å²) in [4.78, 5) is 15.6. The summed E-state index contributed by atoms with van der Waals surface area (Å²) in [6.45, 7) is 0. The van der Waals surface area contributed by atoms with Crippen LogP contribution in [0.3, 0.4) is 0 Å². The number of methoxy groups -OCH3 is 2. The second-order valence-corrected chi connectivity index (χ2v) is 5.36. The zero-order chi connectivity index (χ0) is 16.4. The molecule has 118 valence electrons. The highest BCUT2D eigenvalue weighted by Gasteiger charge is 2.15. The summed E-state index contributed by atoms with van der Waals surface area (Å²) in [5, 5.41) is 4.14. The molecule has 0 aliphatic rings. The van der Waals surface area contributed by atoms with Crippen LogP contribution in [0.15, 0.2) is 42.6 Å². The van der Waals surface area contributed by atoms with Crippen LogP contribution in [0.2, 0.25) is 5.02 Å². The molecule has 0 unspecified atom stereocenters. The van der Waals surface area contributed by atoms with Crippen LogP contribution in [0.4, 0.5) is 5.69 Å². The third-order valence-corrected chi connectivity index (χ3v) is 3.75. The normalized spacial score (nSPS) is 10.6. The maximum absolute atomic E-state index is 12.5. The SMILES string of the molecule is COc1cc2[nH]cc(C(=O)Nc3cccc(Cl)c3)c2cc1OC. The number of benzene rings is 2. The summed E-state index contributed by atoms with van der Waals surface area (Å²) >= 11 is 5.93. The molecule has 0 spiro atoms. The summed E-state index contributed by atoms with van der Waals surface area (Å²) in [6, 6.07) is 10.6. The first-order chi connectivity index (χ1) is 11.1. The van der Waals surface area contributed by atoms with Crippen LogP contribution >= 0.6 is 11.6 Å². The Hall–Kier alpha value is -2.66. The Morgan fingerprint density at radius 1 is 1.13 bits per heavy atom. The Morgan fingerprint density at radius 3 is 2.57 bits per heavy atom. The second kappa shape index (κ2) is 6.22. The second-order valence-electron chi connectivity index (χ2n) is 4.92. The molecule has 0 saturated heterocycles. The van der Waals surface area contributed by atoms with E-state index in [4.69, 9.17) is 21.1 Å². The van der Waals surface area contributed by atoms with Crippen LogP contribution in [0.5, 0.6) is 11.5 Å². The lowest BCUT2D eigenvalue weighted by molar-refractivity contribution is 0.102. The van der Waals surface area contributed by atoms with Crippen molar-refractivity contribution in [2.45, 2.75) is 0 Å². The number of hydrogen-bond acceptors (Lipinski definition) is 3. The maximum Gasteiger partial charge on any atom is 0.257 e. The van der Waals surface area contributed by atoms with Gasteiger partial charge in [0, 0.05) is 28.4 Å². The Kier molecular flexibility index (Phi) is 4.12. The average molecular weight is 331 g/mol. The molecule has 0 saturated carbocycles. The lowest BCUT2D eigenvalue weighted by atomic mass is 10.1. The molecule has 0 aliphatic carbocycles. The summed E-state index contributed by atoms with van der Waals surface area (Å²) < 4.78 is 10.6. The van der Waals surface area contributed by atoms with Gasteiger partial charge in [-0.05, 0) is 24.3 Å². The van der Waals surface area contributed by atoms with E-state index >= 15 is 0 Å². The van der Waals surface area contributed by atoms with Gasteiger partial charge in [0.05, 0.1) is 25.3 Å². The van der Waals surface area contributed by atoms with Crippen molar-refractivity contribution in [1.29, 1.82) is 0 Å². The first-order valence-electron chi connectivity index (χ1n) is 6.92. The number of aromatic amines is 1. The van der Waals surface area contributed by atoms with E-state index in [1.54, 1.807) is 56.8 Å². The van der Waals surface area contributed by atoms with Gasteiger partial charge in [-0.1, -0.05) is 17.7 Å². The van der Waals surface area contributed by atoms with E-state index in [1.165, 1.54) is 0 Å². The van der Waals surface area contributed by atoms with E-state index in [9.17, 15) is 4.79 Å². The molecule has 2 aromatic carbocycles. The van der Waals surface area contributed by atoms with Crippen molar-refractivity contribution in [3.8, 4) is 11.5 Å². The van der Waals surface area contributed by atoms with Gasteiger partial charge in [-0.2, -0.15) is 0 Å². The highest BCUT2D eigenvalue weighted by Crippen LogP contribution is 2.33. The van der Waals surface area contributed by atoms with Crippen LogP contribution < -0.4 is 14.8 Å². The van der Waals surface area contributed by atoms with E-state index in [1.807, 2.05) is 0 Å². The predicted octanol–water partition coefficient (Wildman–Crippen LogP) is 4.09. The fraction of sp³-hybridized carbons (Fsp3) is 0.118. The van der Waals surface area contributed by atoms with Crippen molar-refractivity contribution in [2.24, 2.45) is 0 Å². The number of halogens is 1. The molecule has 3 rings (SSSR count). The van der Waals surface area contributed by atoms with Gasteiger partial charge >= 0.3 is 0 Å². The van der Waals surface area contributed by atoms with Gasteiger partial charge in [-0.3, -0.25) is 4.79 Å². The van der Waals surface area contributed by atoms with Crippen LogP contribution in [-0.2, 0) is 0 Å². The van der Waals surface area contributed by atoms with Crippen molar-refractivity contribution < 1.29 is 14.3 Å². The maximum atomic E-state index is 12.5. The molecular formula is C17H15ClN2O3. The Morgan fingerprint density at radius 2 is 1.87 bits per heavy atom. The molecular weight excluding hydrogens is 316 g/mol. The Bertz CT molecular complexity index is 873. The minimum absolute atomic E-state index is 0.231. The number of H-pyrrole nitrogens is 1. The van der Waals surface area contributed by atoms with Crippen LogP contribution in [0.1, 0.15) is 10.4 Å². The number of aromatic nitrogens is 1. The summed E-state index contributed by atoms with van der Waals surface area (Å²) in [7, 11) is 3.13. The zero-order valence-corrected chi connectivity index (χ0v) is 13.4. The smallest absolute Gasteiger partial charge is 0.257 e. The molecule has 0 fully saturated rings. The number of hydrogen-bond donors (Lipinski definition) is 2. The number of nitrogens with one attached hydrogen (secondary N) is 2. The van der Waals surface area contributed by atoms with Gasteiger partial charge in [-0.15, -0.1) is 0 Å². The zero-order valence-electron chi connectivity index (χ0n) is 12.6. The van der Waals surface area contributed by atoms with Crippen LogP contribution in [0.25, 0.3) is 10.9 Å². The van der Waals surface area contributed by atoms with Gasteiger partial charge < -0.3 is 19.8 Å². The number of carbonyl (C=O) groups excluding carboxylic acids is 1. The summed E-state index contributed by atoms with van der Waals surface area (Å²) in [5.74, 6) is 0.936. The summed E-state index contributed by atoms with van der Waals surface area (Å²) in [6.07, 6.45) is 1.66. The third-order valence-electron chi connectivity index (χ3n) is 3.51. The Balaban J connectivity index is 1.97. The van der Waals surface area contributed by atoms with Crippen molar-refractivity contribution in [3.05, 3.63) is 53.2 Å². The lowest BCUT2D eigenvalue weighted by Crippen LogP contribution is -2.11. The van der Waals surface area contributed by atoms with E-state index in [2.05, 4.69) is 10.3 Å². The minimum Gasteiger partial charge on any atom is -0.493 e. The number of ether oxygens (including phenoxy) is 2. The fourth-order valence-corrected chi connectivity index (χ4v) is 2.59. The monoisotopic (exact) mass is 330 g/mol. The molecule has 1 heterocycles. The van der Waals surface area contributed by atoms with Crippen LogP contribution in [0, 0.1) is 0 Å². The predicted molar refractivity (Wildman–Crippen MR) is 90.8 cm³/mol. The highest BCUT2D eigenvalue weighted by atomic mass is 35.5. The van der Waals surface area contributed by atoms with Gasteiger partial charge in [0.15, 0.2) is 11.5 Å². The molecule has 0 atom stereocenters. The molecule has 6 heteroatoms. The largest absolute Gasteiger partial charge is 0.493 e. The number of anilines is 1. The molecule has 5 nitrogen and oxygen atoms in total. The van der Waals surface area contributed by atoms with Gasteiger partial charge in [0.2, 0.25) is 0 Å². The molecule has 3 aromatic rings. The third kappa shape index (κ3) is 2.96. The molecule has 23 heavy (non-hydrogen) atoms. The van der Waals surface area contributed by atoms with E-state index in [-0.39, 0.29) is 5.91 Å². The number of carbonyl (C=O) groups is 1. The quantitative estimate of drug-likeness (QED) is 0.757. The highest BCUT2D eigenvalue weighted by molar-refractivity contribution is 6.31. The topological polar surface area (TPSA) is 63.4 Å². The van der Waals surface area contributed by atoms with Gasteiger partial charge in [-0.25, -0.2) is 0 Å². The number of fused-ring (bicyclic) bond motifs is 1. The molecule has 0 bridgehead atoms. The average Bonchev–Trinajstić information content (AvgIpc) is 2.96. The number of rotatable bonds is 4. The van der Waals surface area contributed by atoms with Crippen LogP contribution in [-0.4, -0.2) is 25.1 Å². The molecule has 0 aliphatic heterocycles. The Labute approximate surface area is 138 Å². The van der Waals surface area contributed by atoms with Gasteiger partial charge in [0.1, 0.15) is 0 Å². The van der Waals surface area contributed by atoms with E-state index in [0.717, 1.165) is 10.9 Å². The first kappa shape index (κ1) is 15.2. The van der Waals surface area contributed by atoms with Crippen molar-refractivity contribution in [1.82, 2.24) is 4.98 Å². The first-order valence-corrected chi connectivity index (χ1v) is 7.30. The van der Waals surface area contributed by atoms with Crippen molar-refractivity contribution in [3.63, 3.8) is 0 Å².